The Morgan fingerprint density at radius 3 is 2.61 bits per heavy atom. The van der Waals surface area contributed by atoms with Gasteiger partial charge >= 0.3 is 11.9 Å². The lowest BCUT2D eigenvalue weighted by molar-refractivity contribution is -0.138. The molecule has 152 valence electrons. The molecular weight excluding hydrogens is 362 g/mol. The molecule has 28 heavy (non-hydrogen) atoms. The molecular formula is C19H27N5O4. The zero-order valence-corrected chi connectivity index (χ0v) is 15.6. The molecule has 3 rings (SSSR count). The maximum absolute atomic E-state index is 11.0. The fraction of sp³-hybridized carbons (Fsp3) is 0.421. The van der Waals surface area contributed by atoms with Crippen LogP contribution in [0.3, 0.4) is 0 Å². The van der Waals surface area contributed by atoms with Gasteiger partial charge in [-0.1, -0.05) is 24.3 Å². The van der Waals surface area contributed by atoms with Gasteiger partial charge in [-0.15, -0.1) is 0 Å². The number of hydrogen-bond donors (Lipinski definition) is 5. The second-order valence-corrected chi connectivity index (χ2v) is 6.79. The molecule has 0 aromatic heterocycles. The first-order valence-corrected chi connectivity index (χ1v) is 9.11. The summed E-state index contributed by atoms with van der Waals surface area (Å²) in [6.07, 6.45) is 12.8. The van der Waals surface area contributed by atoms with Crippen molar-refractivity contribution in [2.75, 3.05) is 13.1 Å². The summed E-state index contributed by atoms with van der Waals surface area (Å²) < 4.78 is 0. The van der Waals surface area contributed by atoms with E-state index in [2.05, 4.69) is 34.2 Å². The van der Waals surface area contributed by atoms with Gasteiger partial charge < -0.3 is 32.3 Å². The summed E-state index contributed by atoms with van der Waals surface area (Å²) >= 11 is 0. The van der Waals surface area contributed by atoms with Crippen LogP contribution in [0.2, 0.25) is 0 Å². The summed E-state index contributed by atoms with van der Waals surface area (Å²) in [4.78, 5) is 27.0. The Kier molecular flexibility index (Phi) is 7.39. The number of carboxylic acids is 2. The maximum Gasteiger partial charge on any atom is 0.333 e. The van der Waals surface area contributed by atoms with Gasteiger partial charge in [0.05, 0.1) is 5.57 Å². The summed E-state index contributed by atoms with van der Waals surface area (Å²) in [5.41, 5.74) is 18.4. The number of hydrogen-bond acceptors (Lipinski definition) is 5. The number of rotatable bonds is 6. The summed E-state index contributed by atoms with van der Waals surface area (Å²) in [6.45, 7) is 1.21. The van der Waals surface area contributed by atoms with E-state index in [-0.39, 0.29) is 5.96 Å². The Hall–Kier alpha value is -3.07. The van der Waals surface area contributed by atoms with Crippen LogP contribution in [-0.4, -0.2) is 52.1 Å². The summed E-state index contributed by atoms with van der Waals surface area (Å²) in [5.74, 6) is -1.43. The van der Waals surface area contributed by atoms with Gasteiger partial charge in [0.25, 0.3) is 0 Å². The number of carbonyl (C=O) groups is 2. The first-order chi connectivity index (χ1) is 13.3. The third-order valence-electron chi connectivity index (χ3n) is 4.65. The molecule has 2 heterocycles. The van der Waals surface area contributed by atoms with E-state index in [1.807, 2.05) is 0 Å². The van der Waals surface area contributed by atoms with Crippen LogP contribution in [-0.2, 0) is 9.59 Å². The molecule has 0 radical (unpaired) electrons. The third kappa shape index (κ3) is 5.71. The monoisotopic (exact) mass is 389 g/mol. The highest BCUT2D eigenvalue weighted by Gasteiger charge is 2.31. The summed E-state index contributed by atoms with van der Waals surface area (Å²) in [6, 6.07) is -0.820. The molecule has 1 aliphatic carbocycles. The highest BCUT2D eigenvalue weighted by Crippen LogP contribution is 2.39. The van der Waals surface area contributed by atoms with Crippen LogP contribution in [0.25, 0.3) is 0 Å². The van der Waals surface area contributed by atoms with Crippen molar-refractivity contribution in [1.82, 2.24) is 4.90 Å². The Labute approximate surface area is 163 Å². The van der Waals surface area contributed by atoms with Crippen LogP contribution < -0.4 is 17.2 Å². The molecule has 0 aromatic carbocycles. The van der Waals surface area contributed by atoms with E-state index in [4.69, 9.17) is 27.4 Å². The van der Waals surface area contributed by atoms with Crippen molar-refractivity contribution >= 4 is 17.9 Å². The van der Waals surface area contributed by atoms with Crippen molar-refractivity contribution in [3.8, 4) is 0 Å². The van der Waals surface area contributed by atoms with Crippen molar-refractivity contribution in [1.29, 1.82) is 0 Å². The molecule has 9 heteroatoms. The molecule has 0 aromatic rings. The number of carboxylic acid groups (broad SMARTS) is 2. The van der Waals surface area contributed by atoms with E-state index in [1.54, 1.807) is 6.20 Å². The molecule has 3 aliphatic rings. The van der Waals surface area contributed by atoms with Crippen LogP contribution in [0.4, 0.5) is 0 Å². The first kappa shape index (κ1) is 21.2. The van der Waals surface area contributed by atoms with Crippen LogP contribution in [0.1, 0.15) is 25.7 Å². The molecule has 0 amide bonds. The number of aliphatic imine (C=N–C) groups is 1. The minimum absolute atomic E-state index is 0.0129. The van der Waals surface area contributed by atoms with Gasteiger partial charge in [0.1, 0.15) is 6.04 Å². The van der Waals surface area contributed by atoms with Crippen LogP contribution in [0, 0.1) is 5.92 Å². The minimum Gasteiger partial charge on any atom is -0.480 e. The van der Waals surface area contributed by atoms with Crippen molar-refractivity contribution < 1.29 is 19.8 Å². The topological polar surface area (TPSA) is 168 Å². The highest BCUT2D eigenvalue weighted by atomic mass is 16.4. The molecule has 0 saturated heterocycles. The third-order valence-corrected chi connectivity index (χ3v) is 4.65. The van der Waals surface area contributed by atoms with E-state index in [1.165, 1.54) is 11.3 Å². The second-order valence-electron chi connectivity index (χ2n) is 6.79. The second kappa shape index (κ2) is 9.75. The van der Waals surface area contributed by atoms with E-state index >= 15 is 0 Å². The summed E-state index contributed by atoms with van der Waals surface area (Å²) in [7, 11) is 0. The number of aliphatic carboxylic acids is 2. The van der Waals surface area contributed by atoms with Crippen LogP contribution in [0.15, 0.2) is 52.3 Å². The average molecular weight is 389 g/mol. The predicted molar refractivity (Wildman–Crippen MR) is 106 cm³/mol. The fourth-order valence-corrected chi connectivity index (χ4v) is 3.32. The van der Waals surface area contributed by atoms with E-state index in [0.717, 1.165) is 13.0 Å². The van der Waals surface area contributed by atoms with Crippen LogP contribution >= 0.6 is 0 Å². The molecule has 9 nitrogen and oxygen atoms in total. The van der Waals surface area contributed by atoms with E-state index in [9.17, 15) is 9.59 Å². The van der Waals surface area contributed by atoms with Crippen LogP contribution in [0.5, 0.6) is 0 Å². The molecule has 0 saturated carbocycles. The van der Waals surface area contributed by atoms with Gasteiger partial charge in [0.15, 0.2) is 5.96 Å². The number of nitrogens with zero attached hydrogens (tertiary/aromatic N) is 2. The molecule has 2 atom stereocenters. The number of guanidine groups is 1. The van der Waals surface area contributed by atoms with Gasteiger partial charge in [-0.2, -0.15) is 0 Å². The molecule has 0 spiro atoms. The minimum atomic E-state index is -1.00. The highest BCUT2D eigenvalue weighted by molar-refractivity contribution is 5.87. The maximum atomic E-state index is 11.0. The Balaban J connectivity index is 0.000000211. The molecule has 0 fully saturated rings. The average Bonchev–Trinajstić information content (AvgIpc) is 2.65. The van der Waals surface area contributed by atoms with Gasteiger partial charge in [0, 0.05) is 30.9 Å². The summed E-state index contributed by atoms with van der Waals surface area (Å²) in [5, 5.41) is 17.5. The first-order valence-electron chi connectivity index (χ1n) is 9.11. The van der Waals surface area contributed by atoms with Crippen molar-refractivity contribution in [2.45, 2.75) is 31.7 Å². The molecule has 0 bridgehead atoms. The van der Waals surface area contributed by atoms with Crippen molar-refractivity contribution in [3.63, 3.8) is 0 Å². The van der Waals surface area contributed by atoms with Crippen molar-refractivity contribution in [3.05, 3.63) is 47.3 Å². The van der Waals surface area contributed by atoms with Crippen molar-refractivity contribution in [2.24, 2.45) is 28.1 Å². The lowest BCUT2D eigenvalue weighted by atomic mass is 9.82. The van der Waals surface area contributed by atoms with Gasteiger partial charge in [-0.3, -0.25) is 9.79 Å². The Morgan fingerprint density at radius 2 is 1.96 bits per heavy atom. The number of nitrogens with two attached hydrogens (primary N) is 3. The van der Waals surface area contributed by atoms with E-state index < -0.39 is 18.0 Å². The van der Waals surface area contributed by atoms with Gasteiger partial charge in [0.2, 0.25) is 0 Å². The Morgan fingerprint density at radius 1 is 1.25 bits per heavy atom. The number of allylic oxidation sites excluding steroid dienone is 5. The normalized spacial score (nSPS) is 20.4. The molecule has 1 unspecified atom stereocenters. The quantitative estimate of drug-likeness (QED) is 0.249. The SMILES string of the molecule is NC(N)=NCCC[C@H](N)C(=O)O.O=C(O)C1=CN2CC=CC3=C2C(CC=C3)C1. The molecule has 2 aliphatic heterocycles. The lowest BCUT2D eigenvalue weighted by Gasteiger charge is -2.38. The van der Waals surface area contributed by atoms with Gasteiger partial charge in [-0.25, -0.2) is 4.79 Å². The smallest absolute Gasteiger partial charge is 0.333 e. The fourth-order valence-electron chi connectivity index (χ4n) is 3.32. The van der Waals surface area contributed by atoms with Gasteiger partial charge in [-0.05, 0) is 31.3 Å². The predicted octanol–water partition coefficient (Wildman–Crippen LogP) is 0.513. The standard InChI is InChI=1S/C13H13NO2.C6H14N4O2/c15-13(16)11-7-10-4-1-3-9-5-2-6-14(8-11)12(9)10;7-4(5(11)12)2-1-3-10-6(8)9/h1-3,5,8,10H,4,6-7H2,(H,15,16);4H,1-3,7H2,(H,11,12)(H4,8,9,10)/t;4-/m.0/s1. The zero-order chi connectivity index (χ0) is 20.7. The molecule has 8 N–H and O–H groups in total. The van der Waals surface area contributed by atoms with E-state index in [0.29, 0.717) is 37.3 Å². The zero-order valence-electron chi connectivity index (χ0n) is 15.6. The Bertz CT molecular complexity index is 758. The lowest BCUT2D eigenvalue weighted by Crippen LogP contribution is -2.33. The largest absolute Gasteiger partial charge is 0.480 e.